The van der Waals surface area contributed by atoms with Crippen LogP contribution in [0, 0.1) is 5.92 Å². The Labute approximate surface area is 75.4 Å². The average molecular weight is 171 g/mol. The zero-order valence-electron chi connectivity index (χ0n) is 8.05. The van der Waals surface area contributed by atoms with Crippen molar-refractivity contribution in [2.75, 3.05) is 13.6 Å². The van der Waals surface area contributed by atoms with Crippen molar-refractivity contribution in [1.82, 2.24) is 5.32 Å². The predicted molar refractivity (Wildman–Crippen MR) is 51.1 cm³/mol. The standard InChI is InChI=1S/C10H21NO/c1-11-8-7-10(12)9-5-3-2-4-6-9/h9-12H,2-8H2,1H3/t10-/m1/s1. The third kappa shape index (κ3) is 3.11. The van der Waals surface area contributed by atoms with Crippen LogP contribution in [-0.4, -0.2) is 24.8 Å². The van der Waals surface area contributed by atoms with Gasteiger partial charge < -0.3 is 10.4 Å². The van der Waals surface area contributed by atoms with Gasteiger partial charge in [-0.2, -0.15) is 0 Å². The summed E-state index contributed by atoms with van der Waals surface area (Å²) < 4.78 is 0. The first-order valence-electron chi connectivity index (χ1n) is 5.17. The molecule has 2 N–H and O–H groups in total. The normalized spacial score (nSPS) is 22.5. The first-order valence-corrected chi connectivity index (χ1v) is 5.17. The van der Waals surface area contributed by atoms with Crippen LogP contribution in [0.1, 0.15) is 38.5 Å². The summed E-state index contributed by atoms with van der Waals surface area (Å²) in [6.45, 7) is 0.942. The average Bonchev–Trinajstić information content (AvgIpc) is 2.15. The van der Waals surface area contributed by atoms with Gasteiger partial charge in [0.2, 0.25) is 0 Å². The van der Waals surface area contributed by atoms with Gasteiger partial charge in [-0.15, -0.1) is 0 Å². The zero-order chi connectivity index (χ0) is 8.81. The van der Waals surface area contributed by atoms with Crippen LogP contribution >= 0.6 is 0 Å². The van der Waals surface area contributed by atoms with E-state index < -0.39 is 0 Å². The molecule has 1 saturated carbocycles. The molecule has 1 fully saturated rings. The Morgan fingerprint density at radius 3 is 2.58 bits per heavy atom. The molecule has 0 heterocycles. The summed E-state index contributed by atoms with van der Waals surface area (Å²) in [4.78, 5) is 0. The molecule has 0 bridgehead atoms. The van der Waals surface area contributed by atoms with Crippen LogP contribution in [0.5, 0.6) is 0 Å². The highest BCUT2D eigenvalue weighted by Gasteiger charge is 2.20. The molecule has 0 aromatic rings. The first kappa shape index (κ1) is 10.0. The topological polar surface area (TPSA) is 32.3 Å². The molecular formula is C10H21NO. The molecule has 0 aromatic carbocycles. The molecule has 0 unspecified atom stereocenters. The van der Waals surface area contributed by atoms with Gasteiger partial charge in [0, 0.05) is 0 Å². The van der Waals surface area contributed by atoms with Crippen LogP contribution < -0.4 is 5.32 Å². The Morgan fingerprint density at radius 1 is 1.33 bits per heavy atom. The SMILES string of the molecule is CNCC[C@@H](O)C1CCCCC1. The van der Waals surface area contributed by atoms with E-state index >= 15 is 0 Å². The maximum atomic E-state index is 9.77. The molecule has 0 saturated heterocycles. The fraction of sp³-hybridized carbons (Fsp3) is 1.00. The second-order valence-electron chi connectivity index (χ2n) is 3.86. The monoisotopic (exact) mass is 171 g/mol. The van der Waals surface area contributed by atoms with Crippen molar-refractivity contribution in [2.24, 2.45) is 5.92 Å². The number of aliphatic hydroxyl groups is 1. The van der Waals surface area contributed by atoms with E-state index in [1.165, 1.54) is 32.1 Å². The van der Waals surface area contributed by atoms with Gasteiger partial charge in [0.05, 0.1) is 6.10 Å². The molecule has 1 aliphatic rings. The van der Waals surface area contributed by atoms with E-state index in [4.69, 9.17) is 0 Å². The summed E-state index contributed by atoms with van der Waals surface area (Å²) in [5, 5.41) is 12.8. The highest BCUT2D eigenvalue weighted by molar-refractivity contribution is 4.73. The van der Waals surface area contributed by atoms with Crippen molar-refractivity contribution in [3.8, 4) is 0 Å². The van der Waals surface area contributed by atoms with Gasteiger partial charge in [-0.25, -0.2) is 0 Å². The van der Waals surface area contributed by atoms with Crippen LogP contribution in [0.15, 0.2) is 0 Å². The van der Waals surface area contributed by atoms with Crippen molar-refractivity contribution in [3.05, 3.63) is 0 Å². The highest BCUT2D eigenvalue weighted by atomic mass is 16.3. The van der Waals surface area contributed by atoms with Gasteiger partial charge >= 0.3 is 0 Å². The molecule has 0 spiro atoms. The largest absolute Gasteiger partial charge is 0.393 e. The molecule has 1 aliphatic carbocycles. The third-order valence-corrected chi connectivity index (χ3v) is 2.88. The second kappa shape index (κ2) is 5.55. The Morgan fingerprint density at radius 2 is 2.00 bits per heavy atom. The van der Waals surface area contributed by atoms with E-state index in [9.17, 15) is 5.11 Å². The van der Waals surface area contributed by atoms with Crippen molar-refractivity contribution in [2.45, 2.75) is 44.6 Å². The van der Waals surface area contributed by atoms with Gasteiger partial charge in [-0.1, -0.05) is 19.3 Å². The van der Waals surface area contributed by atoms with E-state index in [2.05, 4.69) is 5.32 Å². The van der Waals surface area contributed by atoms with Gasteiger partial charge in [0.1, 0.15) is 0 Å². The summed E-state index contributed by atoms with van der Waals surface area (Å²) in [6, 6.07) is 0. The molecule has 0 radical (unpaired) electrons. The van der Waals surface area contributed by atoms with E-state index in [-0.39, 0.29) is 6.10 Å². The summed E-state index contributed by atoms with van der Waals surface area (Å²) in [5.41, 5.74) is 0. The summed E-state index contributed by atoms with van der Waals surface area (Å²) in [6.07, 6.45) is 7.35. The number of hydrogen-bond acceptors (Lipinski definition) is 2. The predicted octanol–water partition coefficient (Wildman–Crippen LogP) is 1.54. The Bertz CT molecular complexity index is 110. The Hall–Kier alpha value is -0.0800. The second-order valence-corrected chi connectivity index (χ2v) is 3.86. The maximum Gasteiger partial charge on any atom is 0.0580 e. The Balaban J connectivity index is 2.15. The van der Waals surface area contributed by atoms with E-state index in [1.807, 2.05) is 7.05 Å². The smallest absolute Gasteiger partial charge is 0.0580 e. The fourth-order valence-corrected chi connectivity index (χ4v) is 2.05. The van der Waals surface area contributed by atoms with Gasteiger partial charge in [0.25, 0.3) is 0 Å². The van der Waals surface area contributed by atoms with Crippen LogP contribution in [-0.2, 0) is 0 Å². The lowest BCUT2D eigenvalue weighted by Crippen LogP contribution is -2.26. The Kier molecular flexibility index (Phi) is 4.62. The molecule has 72 valence electrons. The number of rotatable bonds is 4. The lowest BCUT2D eigenvalue weighted by Gasteiger charge is -2.26. The summed E-state index contributed by atoms with van der Waals surface area (Å²) >= 11 is 0. The lowest BCUT2D eigenvalue weighted by molar-refractivity contribution is 0.0778. The van der Waals surface area contributed by atoms with Crippen molar-refractivity contribution >= 4 is 0 Å². The summed E-state index contributed by atoms with van der Waals surface area (Å²) in [7, 11) is 1.94. The van der Waals surface area contributed by atoms with Crippen LogP contribution in [0.4, 0.5) is 0 Å². The molecule has 1 rings (SSSR count). The molecule has 2 nitrogen and oxygen atoms in total. The molecule has 0 aliphatic heterocycles. The molecule has 12 heavy (non-hydrogen) atoms. The van der Waals surface area contributed by atoms with E-state index in [0.717, 1.165) is 13.0 Å². The lowest BCUT2D eigenvalue weighted by atomic mass is 9.84. The van der Waals surface area contributed by atoms with Crippen LogP contribution in [0.2, 0.25) is 0 Å². The number of nitrogens with one attached hydrogen (secondary N) is 1. The molecule has 0 aromatic heterocycles. The van der Waals surface area contributed by atoms with Crippen LogP contribution in [0.3, 0.4) is 0 Å². The van der Waals surface area contributed by atoms with Crippen molar-refractivity contribution in [1.29, 1.82) is 0 Å². The van der Waals surface area contributed by atoms with Crippen LogP contribution in [0.25, 0.3) is 0 Å². The van der Waals surface area contributed by atoms with E-state index in [1.54, 1.807) is 0 Å². The fourth-order valence-electron chi connectivity index (χ4n) is 2.05. The summed E-state index contributed by atoms with van der Waals surface area (Å²) in [5.74, 6) is 0.590. The van der Waals surface area contributed by atoms with Crippen molar-refractivity contribution < 1.29 is 5.11 Å². The quantitative estimate of drug-likeness (QED) is 0.672. The maximum absolute atomic E-state index is 9.77. The van der Waals surface area contributed by atoms with Crippen molar-refractivity contribution in [3.63, 3.8) is 0 Å². The minimum Gasteiger partial charge on any atom is -0.393 e. The minimum atomic E-state index is -0.0576. The molecule has 1 atom stereocenters. The molecular weight excluding hydrogens is 150 g/mol. The third-order valence-electron chi connectivity index (χ3n) is 2.88. The van der Waals surface area contributed by atoms with E-state index in [0.29, 0.717) is 5.92 Å². The zero-order valence-corrected chi connectivity index (χ0v) is 8.05. The highest BCUT2D eigenvalue weighted by Crippen LogP contribution is 2.27. The minimum absolute atomic E-state index is 0.0576. The van der Waals surface area contributed by atoms with Gasteiger partial charge in [-0.05, 0) is 38.8 Å². The van der Waals surface area contributed by atoms with Gasteiger partial charge in [0.15, 0.2) is 0 Å². The van der Waals surface area contributed by atoms with Gasteiger partial charge in [-0.3, -0.25) is 0 Å². The number of hydrogen-bond donors (Lipinski definition) is 2. The number of aliphatic hydroxyl groups excluding tert-OH is 1. The molecule has 0 amide bonds. The first-order chi connectivity index (χ1) is 5.84. The molecule has 2 heteroatoms.